The molecule has 2 fully saturated rings. The van der Waals surface area contributed by atoms with Crippen molar-refractivity contribution in [1.29, 1.82) is 0 Å². The van der Waals surface area contributed by atoms with Crippen molar-refractivity contribution in [2.75, 3.05) is 19.4 Å². The summed E-state index contributed by atoms with van der Waals surface area (Å²) in [6.07, 6.45) is 2.39. The van der Waals surface area contributed by atoms with Crippen molar-refractivity contribution < 1.29 is 18.7 Å². The van der Waals surface area contributed by atoms with E-state index in [0.717, 1.165) is 29.7 Å². The van der Waals surface area contributed by atoms with Crippen molar-refractivity contribution in [3.8, 4) is 5.75 Å². The Morgan fingerprint density at radius 2 is 1.93 bits per heavy atom. The van der Waals surface area contributed by atoms with Crippen LogP contribution in [0.25, 0.3) is 0 Å². The van der Waals surface area contributed by atoms with Crippen LogP contribution in [0, 0.1) is 5.82 Å². The summed E-state index contributed by atoms with van der Waals surface area (Å²) in [6.45, 7) is 0.700. The van der Waals surface area contributed by atoms with E-state index in [-0.39, 0.29) is 28.9 Å². The van der Waals surface area contributed by atoms with Crippen LogP contribution in [-0.4, -0.2) is 47.4 Å². The number of benzene rings is 2. The molecule has 0 radical (unpaired) electrons. The molecule has 2 saturated heterocycles. The van der Waals surface area contributed by atoms with Gasteiger partial charge < -0.3 is 15.0 Å². The number of nitrogens with zero attached hydrogens (tertiary/aromatic N) is 1. The number of hydrogen-bond acceptors (Lipinski definition) is 4. The van der Waals surface area contributed by atoms with Gasteiger partial charge in [-0.15, -0.1) is 11.8 Å². The molecule has 0 bridgehead atoms. The first-order valence-corrected chi connectivity index (χ1v) is 11.2. The first-order valence-electron chi connectivity index (χ1n) is 10.2. The number of methoxy groups -OCH3 is 1. The third kappa shape index (κ3) is 4.46. The molecule has 2 amide bonds. The van der Waals surface area contributed by atoms with Gasteiger partial charge in [0.25, 0.3) is 0 Å². The highest BCUT2D eigenvalue weighted by atomic mass is 32.2. The Balaban J connectivity index is 1.38. The second-order valence-corrected chi connectivity index (χ2v) is 8.91. The number of carbonyl (C=O) groups is 2. The molecule has 0 aliphatic carbocycles. The maximum absolute atomic E-state index is 13.2. The molecule has 5 nitrogen and oxygen atoms in total. The number of likely N-dealkylation sites (tertiary alicyclic amines) is 1. The molecule has 3 unspecified atom stereocenters. The maximum Gasteiger partial charge on any atom is 0.246 e. The average Bonchev–Trinajstić information content (AvgIpc) is 3.26. The smallest absolute Gasteiger partial charge is 0.246 e. The average molecular weight is 429 g/mol. The molecule has 2 aliphatic heterocycles. The van der Waals surface area contributed by atoms with Gasteiger partial charge in [-0.25, -0.2) is 4.39 Å². The van der Waals surface area contributed by atoms with Gasteiger partial charge in [0.1, 0.15) is 17.6 Å². The van der Waals surface area contributed by atoms with Gasteiger partial charge in [0.15, 0.2) is 0 Å². The summed E-state index contributed by atoms with van der Waals surface area (Å²) >= 11 is 1.50. The molecule has 30 heavy (non-hydrogen) atoms. The fourth-order valence-corrected chi connectivity index (χ4v) is 5.30. The van der Waals surface area contributed by atoms with Crippen LogP contribution in [0.15, 0.2) is 48.5 Å². The highest BCUT2D eigenvalue weighted by Gasteiger charge is 2.38. The van der Waals surface area contributed by atoms with Crippen molar-refractivity contribution in [2.45, 2.75) is 36.6 Å². The van der Waals surface area contributed by atoms with E-state index in [9.17, 15) is 14.0 Å². The molecule has 2 heterocycles. The molecule has 7 heteroatoms. The topological polar surface area (TPSA) is 58.6 Å². The molecule has 0 spiro atoms. The summed E-state index contributed by atoms with van der Waals surface area (Å²) in [5.41, 5.74) is 2.00. The van der Waals surface area contributed by atoms with Crippen molar-refractivity contribution in [1.82, 2.24) is 10.2 Å². The van der Waals surface area contributed by atoms with Crippen LogP contribution in [0.5, 0.6) is 5.75 Å². The maximum atomic E-state index is 13.2. The quantitative estimate of drug-likeness (QED) is 0.794. The number of hydrogen-bond donors (Lipinski definition) is 1. The van der Waals surface area contributed by atoms with Crippen LogP contribution >= 0.6 is 11.8 Å². The van der Waals surface area contributed by atoms with Crippen LogP contribution < -0.4 is 10.1 Å². The molecule has 158 valence electrons. The fourth-order valence-electron chi connectivity index (χ4n) is 4.12. The van der Waals surface area contributed by atoms with Gasteiger partial charge in [0.05, 0.1) is 18.4 Å². The minimum Gasteiger partial charge on any atom is -0.497 e. The lowest BCUT2D eigenvalue weighted by Gasteiger charge is -2.33. The first-order chi connectivity index (χ1) is 14.5. The Hall–Kier alpha value is -2.54. The molecule has 3 atom stereocenters. The number of thioether (sulfide) groups is 1. The molecule has 1 N–H and O–H groups in total. The largest absolute Gasteiger partial charge is 0.497 e. The number of amides is 2. The summed E-state index contributed by atoms with van der Waals surface area (Å²) in [5.74, 6) is 0.894. The molecule has 0 saturated carbocycles. The van der Waals surface area contributed by atoms with Gasteiger partial charge in [-0.3, -0.25) is 9.59 Å². The minimum atomic E-state index is -0.509. The number of nitrogens with one attached hydrogen (secondary N) is 1. The van der Waals surface area contributed by atoms with Crippen LogP contribution in [0.3, 0.4) is 0 Å². The fraction of sp³-hybridized carbons (Fsp3) is 0.391. The van der Waals surface area contributed by atoms with Crippen LogP contribution in [-0.2, 0) is 16.0 Å². The molecule has 2 aromatic rings. The van der Waals surface area contributed by atoms with Crippen LogP contribution in [0.4, 0.5) is 4.39 Å². The van der Waals surface area contributed by atoms with E-state index in [0.29, 0.717) is 18.7 Å². The highest BCUT2D eigenvalue weighted by Crippen LogP contribution is 2.34. The van der Waals surface area contributed by atoms with Crippen molar-refractivity contribution in [3.63, 3.8) is 0 Å². The lowest BCUT2D eigenvalue weighted by atomic mass is 10.0. The predicted molar refractivity (Wildman–Crippen MR) is 115 cm³/mol. The SMILES string of the molecule is COc1ccc(C2CCCN2C(=O)C2CSC(Cc3ccc(F)cc3)C(=O)N2)cc1. The lowest BCUT2D eigenvalue weighted by molar-refractivity contribution is -0.136. The van der Waals surface area contributed by atoms with Gasteiger partial charge in [-0.1, -0.05) is 24.3 Å². The summed E-state index contributed by atoms with van der Waals surface area (Å²) in [7, 11) is 1.63. The van der Waals surface area contributed by atoms with Crippen molar-refractivity contribution in [2.24, 2.45) is 0 Å². The van der Waals surface area contributed by atoms with E-state index in [1.54, 1.807) is 19.2 Å². The third-order valence-corrected chi connectivity index (χ3v) is 7.05. The monoisotopic (exact) mass is 428 g/mol. The second-order valence-electron chi connectivity index (χ2n) is 7.68. The summed E-state index contributed by atoms with van der Waals surface area (Å²) < 4.78 is 18.3. The summed E-state index contributed by atoms with van der Waals surface area (Å²) in [5, 5.41) is 2.65. The predicted octanol–water partition coefficient (Wildman–Crippen LogP) is 3.34. The van der Waals surface area contributed by atoms with Gasteiger partial charge in [0.2, 0.25) is 11.8 Å². The third-order valence-electron chi connectivity index (χ3n) is 5.74. The Kier molecular flexibility index (Phi) is 6.27. The van der Waals surface area contributed by atoms with Crippen LogP contribution in [0.2, 0.25) is 0 Å². The van der Waals surface area contributed by atoms with Crippen LogP contribution in [0.1, 0.15) is 30.0 Å². The normalized spacial score (nSPS) is 23.9. The zero-order chi connectivity index (χ0) is 21.1. The van der Waals surface area contributed by atoms with Gasteiger partial charge >= 0.3 is 0 Å². The van der Waals surface area contributed by atoms with Crippen molar-refractivity contribution >= 4 is 23.6 Å². The van der Waals surface area contributed by atoms with E-state index in [1.807, 2.05) is 29.2 Å². The number of carbonyl (C=O) groups excluding carboxylic acids is 2. The summed E-state index contributed by atoms with van der Waals surface area (Å²) in [4.78, 5) is 27.7. The molecule has 2 aliphatic rings. The zero-order valence-electron chi connectivity index (χ0n) is 16.8. The Morgan fingerprint density at radius 1 is 1.20 bits per heavy atom. The molecular formula is C23H25FN2O3S. The number of rotatable bonds is 5. The Morgan fingerprint density at radius 3 is 2.60 bits per heavy atom. The van der Waals surface area contributed by atoms with E-state index in [1.165, 1.54) is 23.9 Å². The van der Waals surface area contributed by atoms with Crippen molar-refractivity contribution in [3.05, 3.63) is 65.5 Å². The zero-order valence-corrected chi connectivity index (χ0v) is 17.7. The summed E-state index contributed by atoms with van der Waals surface area (Å²) in [6, 6.07) is 13.6. The standard InChI is InChI=1S/C23H25FN2O3S/c1-29-18-10-6-16(7-11-18)20-3-2-12-26(20)23(28)19-14-30-21(22(27)25-19)13-15-4-8-17(24)9-5-15/h4-11,19-21H,2-3,12-14H2,1H3,(H,25,27). The Bertz CT molecular complexity index is 904. The molecule has 2 aromatic carbocycles. The minimum absolute atomic E-state index is 0.0191. The highest BCUT2D eigenvalue weighted by molar-refractivity contribution is 8.00. The Labute approximate surface area is 180 Å². The number of ether oxygens (including phenoxy) is 1. The lowest BCUT2D eigenvalue weighted by Crippen LogP contribution is -2.55. The second kappa shape index (κ2) is 9.08. The van der Waals surface area contributed by atoms with E-state index in [2.05, 4.69) is 5.32 Å². The molecule has 4 rings (SSSR count). The van der Waals surface area contributed by atoms with E-state index >= 15 is 0 Å². The van der Waals surface area contributed by atoms with Gasteiger partial charge in [-0.05, 0) is 54.7 Å². The molecule has 0 aromatic heterocycles. The molecular weight excluding hydrogens is 403 g/mol. The first kappa shape index (κ1) is 20.7. The number of halogens is 1. The van der Waals surface area contributed by atoms with Gasteiger partial charge in [0, 0.05) is 12.3 Å². The van der Waals surface area contributed by atoms with E-state index in [4.69, 9.17) is 4.74 Å². The van der Waals surface area contributed by atoms with Gasteiger partial charge in [-0.2, -0.15) is 0 Å². The van der Waals surface area contributed by atoms with E-state index < -0.39 is 6.04 Å².